The van der Waals surface area contributed by atoms with Crippen LogP contribution in [0.15, 0.2) is 12.1 Å². The average molecular weight is 259 g/mol. The second-order valence-corrected chi connectivity index (χ2v) is 4.47. The number of pyridine rings is 1. The predicted molar refractivity (Wildman–Crippen MR) is 64.8 cm³/mol. The smallest absolute Gasteiger partial charge is 0.370 e. The van der Waals surface area contributed by atoms with Crippen molar-refractivity contribution >= 4 is 11.6 Å². The van der Waals surface area contributed by atoms with Crippen molar-refractivity contribution in [1.82, 2.24) is 4.98 Å². The zero-order valence-electron chi connectivity index (χ0n) is 10.4. The third-order valence-corrected chi connectivity index (χ3v) is 2.95. The highest BCUT2D eigenvalue weighted by Crippen LogP contribution is 2.35. The zero-order valence-corrected chi connectivity index (χ0v) is 10.4. The zero-order chi connectivity index (χ0) is 13.3. The van der Waals surface area contributed by atoms with Gasteiger partial charge in [0.05, 0.1) is 5.56 Å². The molecular weight excluding hydrogens is 243 g/mol. The molecule has 6 heteroatoms. The highest BCUT2D eigenvalue weighted by atomic mass is 19.4. The first-order chi connectivity index (χ1) is 8.41. The molecule has 0 aromatic carbocycles. The molecule has 1 aliphatic carbocycles. The van der Waals surface area contributed by atoms with Gasteiger partial charge in [-0.2, -0.15) is 13.2 Å². The maximum absolute atomic E-state index is 12.8. The summed E-state index contributed by atoms with van der Waals surface area (Å²) in [5, 5.41) is 2.84. The van der Waals surface area contributed by atoms with Gasteiger partial charge in [0.15, 0.2) is 0 Å². The van der Waals surface area contributed by atoms with Crippen LogP contribution >= 0.6 is 0 Å². The molecule has 0 spiro atoms. The SMILES string of the molecule is CCNc1cc(C(F)(F)F)cc(N(C)C2CC2)n1. The molecular formula is C12H16F3N3. The molecule has 1 heterocycles. The summed E-state index contributed by atoms with van der Waals surface area (Å²) < 4.78 is 38.4. The van der Waals surface area contributed by atoms with Crippen molar-refractivity contribution in [2.75, 3.05) is 23.8 Å². The van der Waals surface area contributed by atoms with Crippen molar-refractivity contribution in [2.45, 2.75) is 32.0 Å². The van der Waals surface area contributed by atoms with Gasteiger partial charge in [-0.3, -0.25) is 0 Å². The Bertz CT molecular complexity index is 427. The molecule has 0 unspecified atom stereocenters. The predicted octanol–water partition coefficient (Wildman–Crippen LogP) is 3.13. The summed E-state index contributed by atoms with van der Waals surface area (Å²) >= 11 is 0. The Morgan fingerprint density at radius 2 is 2.06 bits per heavy atom. The molecule has 1 aromatic heterocycles. The second-order valence-electron chi connectivity index (χ2n) is 4.47. The quantitative estimate of drug-likeness (QED) is 0.900. The third-order valence-electron chi connectivity index (χ3n) is 2.95. The van der Waals surface area contributed by atoms with Crippen molar-refractivity contribution in [3.05, 3.63) is 17.7 Å². The number of nitrogens with one attached hydrogen (secondary N) is 1. The Labute approximate surface area is 104 Å². The van der Waals surface area contributed by atoms with Gasteiger partial charge in [-0.15, -0.1) is 0 Å². The molecule has 100 valence electrons. The van der Waals surface area contributed by atoms with Crippen LogP contribution in [0, 0.1) is 0 Å². The highest BCUT2D eigenvalue weighted by Gasteiger charge is 2.33. The molecule has 1 N–H and O–H groups in total. The van der Waals surface area contributed by atoms with Crippen molar-refractivity contribution in [3.8, 4) is 0 Å². The second kappa shape index (κ2) is 4.66. The van der Waals surface area contributed by atoms with E-state index in [0.29, 0.717) is 18.4 Å². The Hall–Kier alpha value is -1.46. The van der Waals surface area contributed by atoms with E-state index < -0.39 is 11.7 Å². The molecule has 0 amide bonds. The van der Waals surface area contributed by atoms with E-state index in [2.05, 4.69) is 10.3 Å². The lowest BCUT2D eigenvalue weighted by atomic mass is 10.2. The summed E-state index contributed by atoms with van der Waals surface area (Å²) in [7, 11) is 1.79. The van der Waals surface area contributed by atoms with Gasteiger partial charge in [0.25, 0.3) is 0 Å². The van der Waals surface area contributed by atoms with E-state index in [-0.39, 0.29) is 5.82 Å². The summed E-state index contributed by atoms with van der Waals surface area (Å²) in [6, 6.07) is 2.49. The fraction of sp³-hybridized carbons (Fsp3) is 0.583. The summed E-state index contributed by atoms with van der Waals surface area (Å²) in [6.45, 7) is 2.37. The van der Waals surface area contributed by atoms with Gasteiger partial charge in [0.2, 0.25) is 0 Å². The van der Waals surface area contributed by atoms with E-state index in [4.69, 9.17) is 0 Å². The number of alkyl halides is 3. The number of halogens is 3. The van der Waals surface area contributed by atoms with E-state index >= 15 is 0 Å². The Kier molecular flexibility index (Phi) is 3.36. The number of nitrogens with zero attached hydrogens (tertiary/aromatic N) is 2. The lowest BCUT2D eigenvalue weighted by Crippen LogP contribution is -2.22. The maximum atomic E-state index is 12.8. The van der Waals surface area contributed by atoms with Gasteiger partial charge in [0, 0.05) is 19.6 Å². The van der Waals surface area contributed by atoms with Crippen molar-refractivity contribution in [2.24, 2.45) is 0 Å². The monoisotopic (exact) mass is 259 g/mol. The van der Waals surface area contributed by atoms with Crippen LogP contribution in [0.2, 0.25) is 0 Å². The Morgan fingerprint density at radius 1 is 1.39 bits per heavy atom. The molecule has 0 radical (unpaired) electrons. The van der Waals surface area contributed by atoms with Crippen LogP contribution in [0.1, 0.15) is 25.3 Å². The largest absolute Gasteiger partial charge is 0.416 e. The molecule has 3 nitrogen and oxygen atoms in total. The van der Waals surface area contributed by atoms with Gasteiger partial charge < -0.3 is 10.2 Å². The van der Waals surface area contributed by atoms with Gasteiger partial charge in [-0.05, 0) is 31.9 Å². The normalized spacial score (nSPS) is 15.6. The lowest BCUT2D eigenvalue weighted by Gasteiger charge is -2.20. The van der Waals surface area contributed by atoms with Crippen LogP contribution in [0.25, 0.3) is 0 Å². The first kappa shape index (κ1) is 13.0. The molecule has 1 aliphatic rings. The molecule has 0 aliphatic heterocycles. The van der Waals surface area contributed by atoms with E-state index in [1.165, 1.54) is 0 Å². The van der Waals surface area contributed by atoms with Gasteiger partial charge in [0.1, 0.15) is 11.6 Å². The summed E-state index contributed by atoms with van der Waals surface area (Å²) in [5.74, 6) is 0.651. The number of hydrogen-bond acceptors (Lipinski definition) is 3. The first-order valence-electron chi connectivity index (χ1n) is 5.98. The Balaban J connectivity index is 2.35. The van der Waals surface area contributed by atoms with E-state index in [0.717, 1.165) is 25.0 Å². The number of anilines is 2. The minimum absolute atomic E-state index is 0.273. The minimum Gasteiger partial charge on any atom is -0.370 e. The topological polar surface area (TPSA) is 28.2 Å². The summed E-state index contributed by atoms with van der Waals surface area (Å²) in [6.07, 6.45) is -2.30. The fourth-order valence-electron chi connectivity index (χ4n) is 1.78. The molecule has 2 rings (SSSR count). The molecule has 1 fully saturated rings. The van der Waals surface area contributed by atoms with E-state index in [1.54, 1.807) is 7.05 Å². The van der Waals surface area contributed by atoms with Crippen molar-refractivity contribution < 1.29 is 13.2 Å². The van der Waals surface area contributed by atoms with Crippen LogP contribution in [0.3, 0.4) is 0 Å². The third kappa shape index (κ3) is 2.86. The van der Waals surface area contributed by atoms with Crippen molar-refractivity contribution in [3.63, 3.8) is 0 Å². The fourth-order valence-corrected chi connectivity index (χ4v) is 1.78. The average Bonchev–Trinajstić information content (AvgIpc) is 3.11. The van der Waals surface area contributed by atoms with Crippen LogP contribution in [-0.4, -0.2) is 24.6 Å². The van der Waals surface area contributed by atoms with Gasteiger partial charge in [-0.25, -0.2) is 4.98 Å². The summed E-state index contributed by atoms with van der Waals surface area (Å²) in [5.41, 5.74) is -0.657. The number of rotatable bonds is 4. The van der Waals surface area contributed by atoms with Crippen LogP contribution in [0.4, 0.5) is 24.8 Å². The molecule has 0 atom stereocenters. The number of aromatic nitrogens is 1. The highest BCUT2D eigenvalue weighted by molar-refractivity contribution is 5.52. The molecule has 0 saturated heterocycles. The van der Waals surface area contributed by atoms with Crippen LogP contribution < -0.4 is 10.2 Å². The molecule has 0 bridgehead atoms. The Morgan fingerprint density at radius 3 is 2.56 bits per heavy atom. The molecule has 1 saturated carbocycles. The first-order valence-corrected chi connectivity index (χ1v) is 5.98. The van der Waals surface area contributed by atoms with E-state index in [1.807, 2.05) is 11.8 Å². The minimum atomic E-state index is -4.34. The molecule has 1 aromatic rings. The van der Waals surface area contributed by atoms with Gasteiger partial charge >= 0.3 is 6.18 Å². The molecule has 18 heavy (non-hydrogen) atoms. The van der Waals surface area contributed by atoms with Crippen molar-refractivity contribution in [1.29, 1.82) is 0 Å². The van der Waals surface area contributed by atoms with Crippen LogP contribution in [-0.2, 0) is 6.18 Å². The standard InChI is InChI=1S/C12H16F3N3/c1-3-16-10-6-8(12(13,14)15)7-11(17-10)18(2)9-4-5-9/h6-7,9H,3-5H2,1-2H3,(H,16,17). The maximum Gasteiger partial charge on any atom is 0.416 e. The van der Waals surface area contributed by atoms with Gasteiger partial charge in [-0.1, -0.05) is 0 Å². The lowest BCUT2D eigenvalue weighted by molar-refractivity contribution is -0.137. The summed E-state index contributed by atoms with van der Waals surface area (Å²) in [4.78, 5) is 6.03. The van der Waals surface area contributed by atoms with E-state index in [9.17, 15) is 13.2 Å². The van der Waals surface area contributed by atoms with Crippen LogP contribution in [0.5, 0.6) is 0 Å². The number of hydrogen-bond donors (Lipinski definition) is 1.